The first kappa shape index (κ1) is 12.5. The van der Waals surface area contributed by atoms with E-state index < -0.39 is 0 Å². The predicted molar refractivity (Wildman–Crippen MR) is 82.9 cm³/mol. The molecule has 3 aromatic carbocycles. The van der Waals surface area contributed by atoms with Gasteiger partial charge in [0.05, 0.1) is 0 Å². The highest BCUT2D eigenvalue weighted by atomic mass is 16.5. The van der Waals surface area contributed by atoms with Gasteiger partial charge in [0.15, 0.2) is 0 Å². The minimum atomic E-state index is 0.810. The van der Waals surface area contributed by atoms with Crippen molar-refractivity contribution in [1.29, 1.82) is 0 Å². The molecule has 0 unspecified atom stereocenters. The Bertz CT molecular complexity index is 684. The molecule has 1 heteroatoms. The van der Waals surface area contributed by atoms with Crippen LogP contribution >= 0.6 is 0 Å². The molecule has 3 rings (SSSR count). The van der Waals surface area contributed by atoms with Crippen LogP contribution in [0, 0.1) is 6.92 Å². The largest absolute Gasteiger partial charge is 0.457 e. The normalized spacial score (nSPS) is 10.2. The lowest BCUT2D eigenvalue weighted by Gasteiger charge is -2.07. The van der Waals surface area contributed by atoms with E-state index in [9.17, 15) is 0 Å². The summed E-state index contributed by atoms with van der Waals surface area (Å²) in [4.78, 5) is 0. The molecule has 0 saturated carbocycles. The standard InChI is InChI=1S/C19H15O/c1-15-6-5-9-19(14-15)20-18-12-10-17(11-13-18)16-7-3-2-4-8-16/h2-14H,1H2. The molecule has 0 aliphatic rings. The summed E-state index contributed by atoms with van der Waals surface area (Å²) in [6.07, 6.45) is 0. The molecule has 0 fully saturated rings. The lowest BCUT2D eigenvalue weighted by Crippen LogP contribution is -1.85. The molecule has 1 radical (unpaired) electrons. The number of hydrogen-bond donors (Lipinski definition) is 0. The first-order valence-electron chi connectivity index (χ1n) is 6.57. The van der Waals surface area contributed by atoms with E-state index in [1.807, 2.05) is 54.6 Å². The van der Waals surface area contributed by atoms with Gasteiger partial charge in [-0.25, -0.2) is 0 Å². The summed E-state index contributed by atoms with van der Waals surface area (Å²) < 4.78 is 5.81. The SMILES string of the molecule is [CH2]c1cccc(Oc2ccc(-c3ccccc3)cc2)c1. The van der Waals surface area contributed by atoms with Gasteiger partial charge in [-0.2, -0.15) is 0 Å². The molecule has 0 spiro atoms. The van der Waals surface area contributed by atoms with E-state index in [1.54, 1.807) is 0 Å². The van der Waals surface area contributed by atoms with E-state index >= 15 is 0 Å². The molecule has 0 aromatic heterocycles. The zero-order valence-corrected chi connectivity index (χ0v) is 11.1. The molecule has 0 aliphatic carbocycles. The zero-order chi connectivity index (χ0) is 13.8. The first-order valence-corrected chi connectivity index (χ1v) is 6.57. The molecule has 0 saturated heterocycles. The maximum Gasteiger partial charge on any atom is 0.127 e. The smallest absolute Gasteiger partial charge is 0.127 e. The highest BCUT2D eigenvalue weighted by Crippen LogP contribution is 2.26. The minimum absolute atomic E-state index is 0.810. The Balaban J connectivity index is 1.80. The Morgan fingerprint density at radius 2 is 1.30 bits per heavy atom. The summed E-state index contributed by atoms with van der Waals surface area (Å²) in [5.74, 6) is 1.64. The van der Waals surface area contributed by atoms with E-state index in [1.165, 1.54) is 11.1 Å². The minimum Gasteiger partial charge on any atom is -0.457 e. The van der Waals surface area contributed by atoms with Crippen LogP contribution in [0.5, 0.6) is 11.5 Å². The molecular weight excluding hydrogens is 244 g/mol. The van der Waals surface area contributed by atoms with Crippen LogP contribution in [0.3, 0.4) is 0 Å². The maximum atomic E-state index is 5.81. The summed E-state index contributed by atoms with van der Waals surface area (Å²) in [6, 6.07) is 26.1. The summed E-state index contributed by atoms with van der Waals surface area (Å²) in [6.45, 7) is 3.90. The van der Waals surface area contributed by atoms with Crippen molar-refractivity contribution in [2.24, 2.45) is 0 Å². The lowest BCUT2D eigenvalue weighted by atomic mass is 10.1. The third-order valence-electron chi connectivity index (χ3n) is 3.10. The second-order valence-corrected chi connectivity index (χ2v) is 4.64. The fourth-order valence-electron chi connectivity index (χ4n) is 2.09. The van der Waals surface area contributed by atoms with Crippen LogP contribution in [-0.2, 0) is 0 Å². The van der Waals surface area contributed by atoms with Gasteiger partial charge in [-0.3, -0.25) is 0 Å². The van der Waals surface area contributed by atoms with Crippen molar-refractivity contribution in [2.45, 2.75) is 0 Å². The Morgan fingerprint density at radius 1 is 0.600 bits per heavy atom. The average molecular weight is 259 g/mol. The fraction of sp³-hybridized carbons (Fsp3) is 0. The van der Waals surface area contributed by atoms with E-state index in [0.717, 1.165) is 17.1 Å². The highest BCUT2D eigenvalue weighted by Gasteiger charge is 2.00. The van der Waals surface area contributed by atoms with Crippen molar-refractivity contribution in [1.82, 2.24) is 0 Å². The van der Waals surface area contributed by atoms with Crippen molar-refractivity contribution in [3.05, 3.63) is 91.3 Å². The van der Waals surface area contributed by atoms with Crippen LogP contribution in [-0.4, -0.2) is 0 Å². The Labute approximate surface area is 119 Å². The molecule has 0 bridgehead atoms. The number of benzene rings is 3. The summed E-state index contributed by atoms with van der Waals surface area (Å²) in [5.41, 5.74) is 3.34. The van der Waals surface area contributed by atoms with Gasteiger partial charge in [-0.05, 0) is 47.9 Å². The van der Waals surface area contributed by atoms with Crippen molar-refractivity contribution in [2.75, 3.05) is 0 Å². The number of rotatable bonds is 3. The van der Waals surface area contributed by atoms with E-state index in [0.29, 0.717) is 0 Å². The van der Waals surface area contributed by atoms with E-state index in [4.69, 9.17) is 4.74 Å². The number of hydrogen-bond acceptors (Lipinski definition) is 1. The third-order valence-corrected chi connectivity index (χ3v) is 3.10. The predicted octanol–water partition coefficient (Wildman–Crippen LogP) is 5.33. The van der Waals surface area contributed by atoms with Crippen molar-refractivity contribution in [3.8, 4) is 22.6 Å². The lowest BCUT2D eigenvalue weighted by molar-refractivity contribution is 0.482. The summed E-state index contributed by atoms with van der Waals surface area (Å²) in [5, 5.41) is 0. The van der Waals surface area contributed by atoms with Crippen LogP contribution in [0.25, 0.3) is 11.1 Å². The Hall–Kier alpha value is -2.54. The molecule has 0 N–H and O–H groups in total. The molecule has 1 nitrogen and oxygen atoms in total. The summed E-state index contributed by atoms with van der Waals surface area (Å²) in [7, 11) is 0. The van der Waals surface area contributed by atoms with Gasteiger partial charge in [0.2, 0.25) is 0 Å². The van der Waals surface area contributed by atoms with Gasteiger partial charge in [0.1, 0.15) is 11.5 Å². The van der Waals surface area contributed by atoms with E-state index in [-0.39, 0.29) is 0 Å². The Morgan fingerprint density at radius 3 is 2.00 bits per heavy atom. The molecule has 0 amide bonds. The second kappa shape index (κ2) is 5.62. The van der Waals surface area contributed by atoms with E-state index in [2.05, 4.69) is 31.2 Å². The molecular formula is C19H15O. The summed E-state index contributed by atoms with van der Waals surface area (Å²) >= 11 is 0. The van der Waals surface area contributed by atoms with Crippen LogP contribution in [0.2, 0.25) is 0 Å². The van der Waals surface area contributed by atoms with Crippen LogP contribution in [0.4, 0.5) is 0 Å². The topological polar surface area (TPSA) is 9.23 Å². The van der Waals surface area contributed by atoms with Crippen molar-refractivity contribution in [3.63, 3.8) is 0 Å². The molecule has 0 atom stereocenters. The Kier molecular flexibility index (Phi) is 3.51. The monoisotopic (exact) mass is 259 g/mol. The van der Waals surface area contributed by atoms with Gasteiger partial charge in [0.25, 0.3) is 0 Å². The van der Waals surface area contributed by atoms with Gasteiger partial charge in [0, 0.05) is 0 Å². The van der Waals surface area contributed by atoms with Crippen LogP contribution < -0.4 is 4.74 Å². The molecule has 3 aromatic rings. The van der Waals surface area contributed by atoms with Crippen molar-refractivity contribution < 1.29 is 4.74 Å². The quantitative estimate of drug-likeness (QED) is 0.618. The molecule has 20 heavy (non-hydrogen) atoms. The van der Waals surface area contributed by atoms with Gasteiger partial charge in [-0.15, -0.1) is 0 Å². The second-order valence-electron chi connectivity index (χ2n) is 4.64. The molecule has 97 valence electrons. The van der Waals surface area contributed by atoms with Gasteiger partial charge >= 0.3 is 0 Å². The van der Waals surface area contributed by atoms with Crippen LogP contribution in [0.15, 0.2) is 78.9 Å². The van der Waals surface area contributed by atoms with Gasteiger partial charge < -0.3 is 4.74 Å². The first-order chi connectivity index (χ1) is 9.81. The van der Waals surface area contributed by atoms with Gasteiger partial charge in [-0.1, -0.05) is 54.6 Å². The fourth-order valence-corrected chi connectivity index (χ4v) is 2.09. The highest BCUT2D eigenvalue weighted by molar-refractivity contribution is 5.64. The zero-order valence-electron chi connectivity index (χ0n) is 11.1. The van der Waals surface area contributed by atoms with Crippen LogP contribution in [0.1, 0.15) is 5.56 Å². The number of ether oxygens (including phenoxy) is 1. The maximum absolute atomic E-state index is 5.81. The molecule has 0 aliphatic heterocycles. The van der Waals surface area contributed by atoms with Crippen molar-refractivity contribution >= 4 is 0 Å². The molecule has 0 heterocycles. The third kappa shape index (κ3) is 2.89. The average Bonchev–Trinajstić information content (AvgIpc) is 2.49.